The summed E-state index contributed by atoms with van der Waals surface area (Å²) < 4.78 is 17.0. The summed E-state index contributed by atoms with van der Waals surface area (Å²) in [6.45, 7) is -0.473. The van der Waals surface area contributed by atoms with Crippen LogP contribution in [0.3, 0.4) is 0 Å². The number of hydrogen-bond acceptors (Lipinski definition) is 7. The average molecular weight is 465 g/mol. The van der Waals surface area contributed by atoms with E-state index < -0.39 is 24.3 Å². The van der Waals surface area contributed by atoms with Crippen molar-refractivity contribution < 1.29 is 33.4 Å². The van der Waals surface area contributed by atoms with Crippen LogP contribution in [0.1, 0.15) is 48.9 Å². The van der Waals surface area contributed by atoms with Crippen molar-refractivity contribution in [2.75, 3.05) is 16.9 Å². The molecule has 2 aromatic carbocycles. The Kier molecular flexibility index (Phi) is 5.56. The third kappa shape index (κ3) is 4.39. The molecule has 3 amide bonds. The highest BCUT2D eigenvalue weighted by molar-refractivity contribution is 6.01. The number of anilines is 2. The van der Waals surface area contributed by atoms with Crippen molar-refractivity contribution >= 4 is 35.1 Å². The first-order valence-corrected chi connectivity index (χ1v) is 11.1. The maximum absolute atomic E-state index is 12.3. The molecule has 34 heavy (non-hydrogen) atoms. The number of benzene rings is 2. The zero-order valence-electron chi connectivity index (χ0n) is 18.3. The lowest BCUT2D eigenvalue weighted by atomic mass is 10.2. The van der Waals surface area contributed by atoms with Gasteiger partial charge in [0.1, 0.15) is 0 Å². The summed E-state index contributed by atoms with van der Waals surface area (Å²) in [4.78, 5) is 48.1. The highest BCUT2D eigenvalue weighted by atomic mass is 16.7. The maximum atomic E-state index is 12.3. The van der Waals surface area contributed by atoms with Crippen molar-refractivity contribution in [2.24, 2.45) is 0 Å². The summed E-state index contributed by atoms with van der Waals surface area (Å²) in [5.74, 6) is -1.03. The zero-order valence-corrected chi connectivity index (χ0v) is 18.3. The highest BCUT2D eigenvalue weighted by Gasteiger charge is 2.44. The Hall–Kier alpha value is -4.08. The van der Waals surface area contributed by atoms with E-state index in [4.69, 9.17) is 14.2 Å². The molecule has 3 aliphatic rings. The number of hydrazine groups is 1. The number of rotatable bonds is 5. The molecule has 2 aromatic rings. The topological polar surface area (TPSA) is 123 Å². The summed E-state index contributed by atoms with van der Waals surface area (Å²) in [6, 6.07) is 11.1. The number of carbonyl (C=O) groups excluding carboxylic acids is 4. The number of ether oxygens (including phenoxy) is 3. The van der Waals surface area contributed by atoms with E-state index in [1.54, 1.807) is 18.2 Å². The third-order valence-electron chi connectivity index (χ3n) is 5.93. The Morgan fingerprint density at radius 3 is 2.50 bits per heavy atom. The molecule has 10 nitrogen and oxygen atoms in total. The molecule has 2 heterocycles. The summed E-state index contributed by atoms with van der Waals surface area (Å²) in [5, 5.41) is 3.83. The van der Waals surface area contributed by atoms with Crippen LogP contribution in [-0.4, -0.2) is 36.1 Å². The second-order valence-corrected chi connectivity index (χ2v) is 8.42. The molecule has 176 valence electrons. The normalized spacial score (nSPS) is 18.1. The first-order valence-electron chi connectivity index (χ1n) is 11.1. The lowest BCUT2D eigenvalue weighted by Gasteiger charge is -2.27. The number of carbonyl (C=O) groups is 4. The number of amides is 3. The minimum absolute atomic E-state index is 0.120. The molecule has 1 spiro atoms. The predicted octanol–water partition coefficient (Wildman–Crippen LogP) is 2.68. The van der Waals surface area contributed by atoms with Crippen LogP contribution >= 0.6 is 0 Å². The summed E-state index contributed by atoms with van der Waals surface area (Å²) in [7, 11) is 0. The monoisotopic (exact) mass is 465 g/mol. The molecule has 0 radical (unpaired) electrons. The standard InChI is InChI=1S/C24H23N3O7/c28-20-9-10-22(30)27(26-20)17-6-3-15(4-7-17)23(31)32-14-21(29)25-16-5-8-18-19(13-16)34-24(33-18)11-1-2-12-24/h3-8,13H,1-2,9-12,14H2,(H,25,29)(H,26,28). The number of nitrogens with zero attached hydrogens (tertiary/aromatic N) is 1. The zero-order chi connectivity index (χ0) is 23.7. The molecule has 0 unspecified atom stereocenters. The molecule has 0 atom stereocenters. The Balaban J connectivity index is 1.14. The van der Waals surface area contributed by atoms with Crippen LogP contribution in [0, 0.1) is 0 Å². The second kappa shape index (κ2) is 8.69. The first kappa shape index (κ1) is 21.7. The third-order valence-corrected chi connectivity index (χ3v) is 5.93. The summed E-state index contributed by atoms with van der Waals surface area (Å²) in [5.41, 5.74) is 3.62. The van der Waals surface area contributed by atoms with E-state index in [1.807, 2.05) is 0 Å². The Morgan fingerprint density at radius 2 is 1.74 bits per heavy atom. The number of hydrogen-bond donors (Lipinski definition) is 2. The van der Waals surface area contributed by atoms with Crippen molar-refractivity contribution in [3.8, 4) is 11.5 Å². The van der Waals surface area contributed by atoms with Crippen molar-refractivity contribution in [1.29, 1.82) is 0 Å². The molecule has 1 saturated heterocycles. The Labute approximate surface area is 195 Å². The molecule has 2 fully saturated rings. The fourth-order valence-corrected chi connectivity index (χ4v) is 4.23. The first-order chi connectivity index (χ1) is 16.4. The van der Waals surface area contributed by atoms with Gasteiger partial charge in [0.2, 0.25) is 11.8 Å². The molecule has 0 bridgehead atoms. The second-order valence-electron chi connectivity index (χ2n) is 8.42. The van der Waals surface area contributed by atoms with Gasteiger partial charge in [-0.25, -0.2) is 9.80 Å². The van der Waals surface area contributed by atoms with Gasteiger partial charge < -0.3 is 19.5 Å². The fourth-order valence-electron chi connectivity index (χ4n) is 4.23. The number of esters is 1. The maximum Gasteiger partial charge on any atom is 0.338 e. The van der Waals surface area contributed by atoms with E-state index in [9.17, 15) is 19.2 Å². The number of fused-ring (bicyclic) bond motifs is 1. The van der Waals surface area contributed by atoms with Crippen LogP contribution < -0.4 is 25.2 Å². The van der Waals surface area contributed by atoms with E-state index in [0.717, 1.165) is 30.7 Å². The van der Waals surface area contributed by atoms with Gasteiger partial charge in [0.05, 0.1) is 11.3 Å². The van der Waals surface area contributed by atoms with Crippen LogP contribution in [0.4, 0.5) is 11.4 Å². The SMILES string of the molecule is O=C(COC(=O)c1ccc(N2NC(=O)CCC2=O)cc1)Nc1ccc2c(c1)OC1(CCCC1)O2. The highest BCUT2D eigenvalue weighted by Crippen LogP contribution is 2.47. The molecule has 2 N–H and O–H groups in total. The van der Waals surface area contributed by atoms with E-state index in [-0.39, 0.29) is 30.2 Å². The van der Waals surface area contributed by atoms with E-state index in [2.05, 4.69) is 10.7 Å². The van der Waals surface area contributed by atoms with E-state index >= 15 is 0 Å². The van der Waals surface area contributed by atoms with Crippen LogP contribution in [-0.2, 0) is 19.1 Å². The van der Waals surface area contributed by atoms with Gasteiger partial charge in [0, 0.05) is 37.4 Å². The van der Waals surface area contributed by atoms with E-state index in [0.29, 0.717) is 22.9 Å². The van der Waals surface area contributed by atoms with Gasteiger partial charge in [-0.2, -0.15) is 0 Å². The largest absolute Gasteiger partial charge is 0.452 e. The molecule has 1 saturated carbocycles. The van der Waals surface area contributed by atoms with Gasteiger partial charge in [0.25, 0.3) is 11.7 Å². The van der Waals surface area contributed by atoms with Gasteiger partial charge in [-0.15, -0.1) is 0 Å². The molecule has 5 rings (SSSR count). The summed E-state index contributed by atoms with van der Waals surface area (Å²) >= 11 is 0. The van der Waals surface area contributed by atoms with Crippen molar-refractivity contribution in [1.82, 2.24) is 5.43 Å². The van der Waals surface area contributed by atoms with Crippen LogP contribution in [0.2, 0.25) is 0 Å². The lowest BCUT2D eigenvalue weighted by molar-refractivity contribution is -0.130. The molecule has 0 aromatic heterocycles. The molecular formula is C24H23N3O7. The smallest absolute Gasteiger partial charge is 0.338 e. The quantitative estimate of drug-likeness (QED) is 0.651. The van der Waals surface area contributed by atoms with Gasteiger partial charge in [0.15, 0.2) is 18.1 Å². The average Bonchev–Trinajstić information content (AvgIpc) is 3.44. The predicted molar refractivity (Wildman–Crippen MR) is 119 cm³/mol. The van der Waals surface area contributed by atoms with E-state index in [1.165, 1.54) is 24.3 Å². The Bertz CT molecular complexity index is 1160. The van der Waals surface area contributed by atoms with Crippen molar-refractivity contribution in [2.45, 2.75) is 44.3 Å². The fraction of sp³-hybridized carbons (Fsp3) is 0.333. The van der Waals surface area contributed by atoms with Crippen molar-refractivity contribution in [3.63, 3.8) is 0 Å². The van der Waals surface area contributed by atoms with Gasteiger partial charge in [-0.3, -0.25) is 19.8 Å². The minimum Gasteiger partial charge on any atom is -0.452 e. The van der Waals surface area contributed by atoms with Gasteiger partial charge in [-0.05, 0) is 49.2 Å². The molecule has 10 heteroatoms. The molecule has 2 aliphatic heterocycles. The van der Waals surface area contributed by atoms with Gasteiger partial charge >= 0.3 is 5.97 Å². The van der Waals surface area contributed by atoms with Crippen LogP contribution in [0.5, 0.6) is 11.5 Å². The summed E-state index contributed by atoms with van der Waals surface area (Å²) in [6.07, 6.45) is 4.05. The van der Waals surface area contributed by atoms with Crippen LogP contribution in [0.15, 0.2) is 42.5 Å². The van der Waals surface area contributed by atoms with Crippen LogP contribution in [0.25, 0.3) is 0 Å². The minimum atomic E-state index is -0.690. The van der Waals surface area contributed by atoms with Gasteiger partial charge in [-0.1, -0.05) is 0 Å². The molecule has 1 aliphatic carbocycles. The Morgan fingerprint density at radius 1 is 1.00 bits per heavy atom. The number of nitrogens with one attached hydrogen (secondary N) is 2. The lowest BCUT2D eigenvalue weighted by Crippen LogP contribution is -2.50. The van der Waals surface area contributed by atoms with Crippen molar-refractivity contribution in [3.05, 3.63) is 48.0 Å². The molecular weight excluding hydrogens is 442 g/mol.